The maximum Gasteiger partial charge on any atom is 0.256 e. The summed E-state index contributed by atoms with van der Waals surface area (Å²) >= 11 is 0. The normalized spacial score (nSPS) is 21.7. The number of morpholine rings is 2. The van der Waals surface area contributed by atoms with E-state index in [-0.39, 0.29) is 11.5 Å². The summed E-state index contributed by atoms with van der Waals surface area (Å²) in [4.78, 5) is 17.1. The summed E-state index contributed by atoms with van der Waals surface area (Å²) < 4.78 is 11.1. The number of benzene rings is 1. The fourth-order valence-electron chi connectivity index (χ4n) is 3.09. The van der Waals surface area contributed by atoms with Gasteiger partial charge in [0, 0.05) is 31.9 Å². The second-order valence-corrected chi connectivity index (χ2v) is 6.45. The van der Waals surface area contributed by atoms with Gasteiger partial charge >= 0.3 is 0 Å². The number of anilines is 1. The Bertz CT molecular complexity index is 538. The van der Waals surface area contributed by atoms with E-state index in [1.54, 1.807) is 0 Å². The van der Waals surface area contributed by atoms with Gasteiger partial charge in [-0.2, -0.15) is 0 Å². The molecule has 1 aromatic carbocycles. The van der Waals surface area contributed by atoms with E-state index < -0.39 is 0 Å². The van der Waals surface area contributed by atoms with E-state index in [9.17, 15) is 4.79 Å². The molecule has 5 nitrogen and oxygen atoms in total. The summed E-state index contributed by atoms with van der Waals surface area (Å²) in [7, 11) is 0. The maximum absolute atomic E-state index is 13.0. The highest BCUT2D eigenvalue weighted by Crippen LogP contribution is 2.25. The van der Waals surface area contributed by atoms with Crippen molar-refractivity contribution in [2.45, 2.75) is 19.4 Å². The lowest BCUT2D eigenvalue weighted by Gasteiger charge is -2.39. The number of ether oxygens (including phenoxy) is 2. The van der Waals surface area contributed by atoms with Crippen LogP contribution in [0.1, 0.15) is 24.2 Å². The summed E-state index contributed by atoms with van der Waals surface area (Å²) in [6.07, 6.45) is 0. The first-order valence-electron chi connectivity index (χ1n) is 7.92. The van der Waals surface area contributed by atoms with Gasteiger partial charge in [-0.25, -0.2) is 0 Å². The minimum Gasteiger partial charge on any atom is -0.378 e. The average molecular weight is 304 g/mol. The Balaban J connectivity index is 1.83. The molecule has 0 aromatic heterocycles. The van der Waals surface area contributed by atoms with Gasteiger partial charge in [0.2, 0.25) is 0 Å². The molecule has 0 aliphatic carbocycles. The lowest BCUT2D eigenvalue weighted by atomic mass is 10.0. The SMILES string of the molecule is CC1(C)CN(C(=O)c2ccccc2N2CCOCC2)CCO1. The van der Waals surface area contributed by atoms with Gasteiger partial charge in [-0.3, -0.25) is 4.79 Å². The van der Waals surface area contributed by atoms with Crippen LogP contribution in [-0.2, 0) is 9.47 Å². The van der Waals surface area contributed by atoms with Crippen LogP contribution >= 0.6 is 0 Å². The van der Waals surface area contributed by atoms with E-state index in [0.29, 0.717) is 32.9 Å². The van der Waals surface area contributed by atoms with Crippen LogP contribution in [0.5, 0.6) is 0 Å². The Kier molecular flexibility index (Phi) is 4.36. The van der Waals surface area contributed by atoms with Crippen molar-refractivity contribution >= 4 is 11.6 Å². The van der Waals surface area contributed by atoms with Gasteiger partial charge in [-0.15, -0.1) is 0 Å². The van der Waals surface area contributed by atoms with Crippen molar-refractivity contribution in [2.24, 2.45) is 0 Å². The minimum absolute atomic E-state index is 0.0958. The first-order chi connectivity index (χ1) is 10.6. The van der Waals surface area contributed by atoms with Crippen LogP contribution in [-0.4, -0.2) is 62.4 Å². The Morgan fingerprint density at radius 1 is 1.09 bits per heavy atom. The minimum atomic E-state index is -0.276. The van der Waals surface area contributed by atoms with Crippen LogP contribution in [0.3, 0.4) is 0 Å². The number of hydrogen-bond acceptors (Lipinski definition) is 4. The Labute approximate surface area is 131 Å². The van der Waals surface area contributed by atoms with Crippen molar-refractivity contribution in [3.63, 3.8) is 0 Å². The van der Waals surface area contributed by atoms with Crippen LogP contribution in [0.4, 0.5) is 5.69 Å². The van der Waals surface area contributed by atoms with Crippen LogP contribution in [0.2, 0.25) is 0 Å². The van der Waals surface area contributed by atoms with Gasteiger partial charge < -0.3 is 19.3 Å². The first kappa shape index (κ1) is 15.3. The second-order valence-electron chi connectivity index (χ2n) is 6.45. The molecule has 1 amide bonds. The van der Waals surface area contributed by atoms with E-state index in [0.717, 1.165) is 24.3 Å². The molecule has 2 aliphatic heterocycles. The van der Waals surface area contributed by atoms with Gasteiger partial charge in [-0.1, -0.05) is 12.1 Å². The highest BCUT2D eigenvalue weighted by Gasteiger charge is 2.31. The molecule has 3 rings (SSSR count). The molecule has 0 bridgehead atoms. The molecule has 120 valence electrons. The smallest absolute Gasteiger partial charge is 0.256 e. The van der Waals surface area contributed by atoms with Crippen molar-refractivity contribution < 1.29 is 14.3 Å². The molecule has 0 N–H and O–H groups in total. The summed E-state index contributed by atoms with van der Waals surface area (Å²) in [5, 5.41) is 0. The summed E-state index contributed by atoms with van der Waals surface area (Å²) in [6, 6.07) is 7.88. The highest BCUT2D eigenvalue weighted by atomic mass is 16.5. The number of hydrogen-bond donors (Lipinski definition) is 0. The van der Waals surface area contributed by atoms with Gasteiger partial charge in [0.15, 0.2) is 0 Å². The molecule has 2 heterocycles. The van der Waals surface area contributed by atoms with Crippen molar-refractivity contribution in [1.29, 1.82) is 0 Å². The molecule has 1 aromatic rings. The number of carbonyl (C=O) groups excluding carboxylic acids is 1. The van der Waals surface area contributed by atoms with Gasteiger partial charge in [0.1, 0.15) is 0 Å². The predicted octanol–water partition coefficient (Wildman–Crippen LogP) is 1.77. The van der Waals surface area contributed by atoms with Gasteiger partial charge in [0.05, 0.1) is 31.0 Å². The molecule has 0 unspecified atom stereocenters. The van der Waals surface area contributed by atoms with E-state index in [4.69, 9.17) is 9.47 Å². The first-order valence-corrected chi connectivity index (χ1v) is 7.92. The van der Waals surface area contributed by atoms with Crippen LogP contribution in [0.25, 0.3) is 0 Å². The molecule has 0 spiro atoms. The number of rotatable bonds is 2. The van der Waals surface area contributed by atoms with Crippen molar-refractivity contribution in [1.82, 2.24) is 4.90 Å². The Morgan fingerprint density at radius 2 is 1.82 bits per heavy atom. The van der Waals surface area contributed by atoms with Gasteiger partial charge in [0.25, 0.3) is 5.91 Å². The van der Waals surface area contributed by atoms with Gasteiger partial charge in [-0.05, 0) is 26.0 Å². The number of carbonyl (C=O) groups is 1. The molecule has 2 aliphatic rings. The maximum atomic E-state index is 13.0. The predicted molar refractivity (Wildman–Crippen MR) is 85.4 cm³/mol. The molecule has 0 atom stereocenters. The van der Waals surface area contributed by atoms with Crippen LogP contribution < -0.4 is 4.90 Å². The lowest BCUT2D eigenvalue weighted by molar-refractivity contribution is -0.0763. The van der Waals surface area contributed by atoms with E-state index in [1.807, 2.05) is 43.0 Å². The molecule has 0 saturated carbocycles. The fourth-order valence-corrected chi connectivity index (χ4v) is 3.09. The van der Waals surface area contributed by atoms with E-state index in [2.05, 4.69) is 4.90 Å². The summed E-state index contributed by atoms with van der Waals surface area (Å²) in [5.74, 6) is 0.0958. The zero-order valence-electron chi connectivity index (χ0n) is 13.4. The van der Waals surface area contributed by atoms with Crippen molar-refractivity contribution in [2.75, 3.05) is 50.9 Å². The summed E-state index contributed by atoms with van der Waals surface area (Å²) in [5.41, 5.74) is 1.52. The third kappa shape index (κ3) is 3.25. The molecular formula is C17H24N2O3. The van der Waals surface area contributed by atoms with Crippen LogP contribution in [0.15, 0.2) is 24.3 Å². The van der Waals surface area contributed by atoms with Crippen molar-refractivity contribution in [3.8, 4) is 0 Å². The third-order valence-corrected chi connectivity index (χ3v) is 4.20. The number of para-hydroxylation sites is 1. The molecule has 2 fully saturated rings. The zero-order valence-corrected chi connectivity index (χ0v) is 13.4. The van der Waals surface area contributed by atoms with E-state index >= 15 is 0 Å². The molecule has 2 saturated heterocycles. The van der Waals surface area contributed by atoms with Crippen LogP contribution in [0, 0.1) is 0 Å². The highest BCUT2D eigenvalue weighted by molar-refractivity contribution is 6.00. The molecule has 5 heteroatoms. The lowest BCUT2D eigenvalue weighted by Crippen LogP contribution is -2.50. The zero-order chi connectivity index (χ0) is 15.6. The molecule has 0 radical (unpaired) electrons. The van der Waals surface area contributed by atoms with Crippen molar-refractivity contribution in [3.05, 3.63) is 29.8 Å². The Morgan fingerprint density at radius 3 is 2.55 bits per heavy atom. The molecule has 22 heavy (non-hydrogen) atoms. The third-order valence-electron chi connectivity index (χ3n) is 4.20. The largest absolute Gasteiger partial charge is 0.378 e. The number of nitrogens with zero attached hydrogens (tertiary/aromatic N) is 2. The summed E-state index contributed by atoms with van der Waals surface area (Å²) in [6.45, 7) is 9.03. The molecular weight excluding hydrogens is 280 g/mol. The fraction of sp³-hybridized carbons (Fsp3) is 0.588. The Hall–Kier alpha value is -1.59. The van der Waals surface area contributed by atoms with E-state index in [1.165, 1.54) is 0 Å². The number of amides is 1. The second kappa shape index (κ2) is 6.26. The monoisotopic (exact) mass is 304 g/mol. The topological polar surface area (TPSA) is 42.0 Å². The average Bonchev–Trinajstić information content (AvgIpc) is 2.54. The standard InChI is InChI=1S/C17H24N2O3/c1-17(2)13-19(9-12-22-17)16(20)14-5-3-4-6-15(14)18-7-10-21-11-8-18/h3-6H,7-13H2,1-2H3. The quantitative estimate of drug-likeness (QED) is 0.835.